The number of ether oxygens (including phenoxy) is 1. The highest BCUT2D eigenvalue weighted by Crippen LogP contribution is 2.38. The maximum Gasteiger partial charge on any atom is 0.270 e. The van der Waals surface area contributed by atoms with Gasteiger partial charge >= 0.3 is 0 Å². The summed E-state index contributed by atoms with van der Waals surface area (Å²) in [7, 11) is 1.56. The normalized spacial score (nSPS) is 20.4. The van der Waals surface area contributed by atoms with Gasteiger partial charge in [0, 0.05) is 12.4 Å². The van der Waals surface area contributed by atoms with E-state index < -0.39 is 0 Å². The van der Waals surface area contributed by atoms with E-state index in [1.807, 2.05) is 6.07 Å². The lowest BCUT2D eigenvalue weighted by atomic mass is 9.75. The highest BCUT2D eigenvalue weighted by atomic mass is 16.5. The third-order valence-electron chi connectivity index (χ3n) is 4.48. The van der Waals surface area contributed by atoms with Gasteiger partial charge in [-0.3, -0.25) is 14.8 Å². The molecule has 0 aliphatic heterocycles. The van der Waals surface area contributed by atoms with Crippen molar-refractivity contribution in [2.75, 3.05) is 7.11 Å². The molecule has 7 heteroatoms. The second-order valence-corrected chi connectivity index (χ2v) is 6.20. The van der Waals surface area contributed by atoms with Crippen LogP contribution in [-0.2, 0) is 6.61 Å². The van der Waals surface area contributed by atoms with Crippen LogP contribution in [0.15, 0.2) is 36.8 Å². The number of aliphatic hydroxyl groups is 2. The molecule has 25 heavy (non-hydrogen) atoms. The summed E-state index contributed by atoms with van der Waals surface area (Å²) in [6, 6.07) is 4.76. The maximum absolute atomic E-state index is 12.6. The Balaban J connectivity index is 1.83. The van der Waals surface area contributed by atoms with Crippen molar-refractivity contribution >= 4 is 5.91 Å². The Morgan fingerprint density at radius 1 is 1.40 bits per heavy atom. The molecular formula is C18H21N3O4. The monoisotopic (exact) mass is 343 g/mol. The zero-order valence-electron chi connectivity index (χ0n) is 13.9. The summed E-state index contributed by atoms with van der Waals surface area (Å²) < 4.78 is 5.21. The third kappa shape index (κ3) is 3.94. The van der Waals surface area contributed by atoms with Gasteiger partial charge in [-0.2, -0.15) is 0 Å². The second kappa shape index (κ2) is 7.58. The Labute approximate surface area is 145 Å². The average molecular weight is 343 g/mol. The molecule has 1 aliphatic carbocycles. The molecule has 2 heterocycles. The Morgan fingerprint density at radius 2 is 2.20 bits per heavy atom. The minimum atomic E-state index is -0.334. The van der Waals surface area contributed by atoms with Crippen molar-refractivity contribution in [1.29, 1.82) is 0 Å². The van der Waals surface area contributed by atoms with Crippen molar-refractivity contribution in [1.82, 2.24) is 15.3 Å². The number of nitrogens with one attached hydrogen (secondary N) is 1. The van der Waals surface area contributed by atoms with Crippen LogP contribution in [0, 0.1) is 5.92 Å². The van der Waals surface area contributed by atoms with Gasteiger partial charge in [0.15, 0.2) is 0 Å². The van der Waals surface area contributed by atoms with Crippen LogP contribution < -0.4 is 10.1 Å². The van der Waals surface area contributed by atoms with E-state index >= 15 is 0 Å². The van der Waals surface area contributed by atoms with Crippen LogP contribution in [0.25, 0.3) is 0 Å². The number of amides is 1. The fourth-order valence-electron chi connectivity index (χ4n) is 3.00. The van der Waals surface area contributed by atoms with Gasteiger partial charge in [-0.25, -0.2) is 0 Å². The predicted molar refractivity (Wildman–Crippen MR) is 89.9 cm³/mol. The molecule has 0 radical (unpaired) electrons. The standard InChI is InChI=1S/C18H21N3O4/c1-25-15-7-13(8-19-9-15)17(12-5-14(23)6-12)21-18(24)16-4-11(10-22)2-3-20-16/h2-4,7-9,12,14,17,22-23H,5-6,10H2,1H3,(H,21,24)/t12?,14?,17-/m1/s1. The van der Waals surface area contributed by atoms with Crippen molar-refractivity contribution in [3.63, 3.8) is 0 Å². The lowest BCUT2D eigenvalue weighted by molar-refractivity contribution is 0.0234. The molecule has 2 aromatic rings. The number of pyridine rings is 2. The largest absolute Gasteiger partial charge is 0.495 e. The van der Waals surface area contributed by atoms with Gasteiger partial charge in [0.2, 0.25) is 0 Å². The van der Waals surface area contributed by atoms with Crippen LogP contribution in [0.1, 0.15) is 40.5 Å². The van der Waals surface area contributed by atoms with Gasteiger partial charge in [0.05, 0.1) is 32.1 Å². The topological polar surface area (TPSA) is 105 Å². The van der Waals surface area contributed by atoms with E-state index in [9.17, 15) is 15.0 Å². The molecule has 1 amide bonds. The van der Waals surface area contributed by atoms with Crippen molar-refractivity contribution in [2.45, 2.75) is 31.6 Å². The van der Waals surface area contributed by atoms with Crippen LogP contribution in [0.4, 0.5) is 0 Å². The second-order valence-electron chi connectivity index (χ2n) is 6.20. The fourth-order valence-corrected chi connectivity index (χ4v) is 3.00. The average Bonchev–Trinajstić information content (AvgIpc) is 2.63. The summed E-state index contributed by atoms with van der Waals surface area (Å²) >= 11 is 0. The number of carbonyl (C=O) groups is 1. The molecular weight excluding hydrogens is 322 g/mol. The van der Waals surface area contributed by atoms with Crippen molar-refractivity contribution < 1.29 is 19.7 Å². The minimum Gasteiger partial charge on any atom is -0.495 e. The zero-order valence-corrected chi connectivity index (χ0v) is 13.9. The maximum atomic E-state index is 12.6. The number of rotatable bonds is 6. The fraction of sp³-hybridized carbons (Fsp3) is 0.389. The van der Waals surface area contributed by atoms with E-state index in [0.717, 1.165) is 5.56 Å². The molecule has 0 spiro atoms. The molecule has 2 aromatic heterocycles. The first kappa shape index (κ1) is 17.3. The summed E-state index contributed by atoms with van der Waals surface area (Å²) in [6.07, 6.45) is 5.69. The number of hydrogen-bond acceptors (Lipinski definition) is 6. The summed E-state index contributed by atoms with van der Waals surface area (Å²) in [6.45, 7) is -0.152. The summed E-state index contributed by atoms with van der Waals surface area (Å²) in [5.74, 6) is 0.399. The molecule has 1 aliphatic rings. The number of hydrogen-bond donors (Lipinski definition) is 3. The number of aromatic nitrogens is 2. The van der Waals surface area contributed by atoms with Gasteiger partial charge in [-0.1, -0.05) is 0 Å². The Bertz CT molecular complexity index is 747. The molecule has 132 valence electrons. The van der Waals surface area contributed by atoms with Crippen LogP contribution >= 0.6 is 0 Å². The van der Waals surface area contributed by atoms with E-state index in [-0.39, 0.29) is 36.3 Å². The van der Waals surface area contributed by atoms with Gasteiger partial charge in [0.1, 0.15) is 11.4 Å². The molecule has 0 saturated heterocycles. The molecule has 0 bridgehead atoms. The van der Waals surface area contributed by atoms with Crippen molar-refractivity contribution in [3.05, 3.63) is 53.6 Å². The predicted octanol–water partition coefficient (Wildman–Crippen LogP) is 1.22. The zero-order chi connectivity index (χ0) is 17.8. The number of aliphatic hydroxyl groups excluding tert-OH is 2. The lowest BCUT2D eigenvalue weighted by Crippen LogP contribution is -2.41. The molecule has 1 atom stereocenters. The SMILES string of the molecule is COc1cncc([C@H](NC(=O)c2cc(CO)ccn2)C2CC(O)C2)c1. The first-order chi connectivity index (χ1) is 12.1. The van der Waals surface area contributed by atoms with Crippen LogP contribution in [0.3, 0.4) is 0 Å². The summed E-state index contributed by atoms with van der Waals surface area (Å²) in [5.41, 5.74) is 1.69. The summed E-state index contributed by atoms with van der Waals surface area (Å²) in [4.78, 5) is 20.8. The van der Waals surface area contributed by atoms with E-state index in [4.69, 9.17) is 4.74 Å². The quantitative estimate of drug-likeness (QED) is 0.728. The molecule has 0 unspecified atom stereocenters. The van der Waals surface area contributed by atoms with Crippen LogP contribution in [0.5, 0.6) is 5.75 Å². The van der Waals surface area contributed by atoms with E-state index in [0.29, 0.717) is 24.2 Å². The van der Waals surface area contributed by atoms with E-state index in [2.05, 4.69) is 15.3 Å². The van der Waals surface area contributed by atoms with Gasteiger partial charge < -0.3 is 20.3 Å². The summed E-state index contributed by atoms with van der Waals surface area (Å²) in [5, 5.41) is 21.8. The first-order valence-electron chi connectivity index (χ1n) is 8.14. The third-order valence-corrected chi connectivity index (χ3v) is 4.48. The Kier molecular flexibility index (Phi) is 5.25. The van der Waals surface area contributed by atoms with Crippen molar-refractivity contribution in [2.24, 2.45) is 5.92 Å². The Hall–Kier alpha value is -2.51. The van der Waals surface area contributed by atoms with Gasteiger partial charge in [-0.05, 0) is 48.1 Å². The number of methoxy groups -OCH3 is 1. The highest BCUT2D eigenvalue weighted by molar-refractivity contribution is 5.92. The first-order valence-corrected chi connectivity index (χ1v) is 8.14. The van der Waals surface area contributed by atoms with E-state index in [1.165, 1.54) is 6.20 Å². The van der Waals surface area contributed by atoms with E-state index in [1.54, 1.807) is 31.6 Å². The van der Waals surface area contributed by atoms with Crippen molar-refractivity contribution in [3.8, 4) is 5.75 Å². The molecule has 1 saturated carbocycles. The Morgan fingerprint density at radius 3 is 2.88 bits per heavy atom. The highest BCUT2D eigenvalue weighted by Gasteiger charge is 2.36. The molecule has 1 fully saturated rings. The smallest absolute Gasteiger partial charge is 0.270 e. The number of nitrogens with zero attached hydrogens (tertiary/aromatic N) is 2. The molecule has 0 aromatic carbocycles. The molecule has 3 N–H and O–H groups in total. The van der Waals surface area contributed by atoms with Crippen LogP contribution in [0.2, 0.25) is 0 Å². The minimum absolute atomic E-state index is 0.119. The van der Waals surface area contributed by atoms with Crippen LogP contribution in [-0.4, -0.2) is 39.3 Å². The molecule has 7 nitrogen and oxygen atoms in total. The molecule has 3 rings (SSSR count). The van der Waals surface area contributed by atoms with Gasteiger partial charge in [0.25, 0.3) is 5.91 Å². The number of carbonyl (C=O) groups excluding carboxylic acids is 1. The van der Waals surface area contributed by atoms with Gasteiger partial charge in [-0.15, -0.1) is 0 Å². The lowest BCUT2D eigenvalue weighted by Gasteiger charge is -2.38.